The van der Waals surface area contributed by atoms with Crippen LogP contribution in [0.25, 0.3) is 0 Å². The minimum absolute atomic E-state index is 0.0455. The van der Waals surface area contributed by atoms with E-state index in [2.05, 4.69) is 36.2 Å². The number of aromatic amines is 1. The first-order valence-electron chi connectivity index (χ1n) is 11.0. The third-order valence-corrected chi connectivity index (χ3v) is 9.27. The van der Waals surface area contributed by atoms with Crippen LogP contribution in [0.2, 0.25) is 0 Å². The maximum absolute atomic E-state index is 10.1. The van der Waals surface area contributed by atoms with Crippen molar-refractivity contribution in [2.24, 2.45) is 28.6 Å². The zero-order chi connectivity index (χ0) is 18.8. The molecule has 1 heterocycles. The van der Waals surface area contributed by atoms with Gasteiger partial charge >= 0.3 is 0 Å². The Bertz CT molecular complexity index is 755. The fourth-order valence-corrected chi connectivity index (χ4v) is 7.83. The molecule has 5 rings (SSSR count). The molecule has 0 bridgehead atoms. The van der Waals surface area contributed by atoms with Crippen LogP contribution in [0.15, 0.2) is 17.7 Å². The lowest BCUT2D eigenvalue weighted by Crippen LogP contribution is -2.50. The molecule has 148 valence electrons. The highest BCUT2D eigenvalue weighted by atomic mass is 16.3. The molecule has 1 aromatic rings. The third kappa shape index (κ3) is 2.52. The standard InChI is InChI=1S/C23H34N2O2/c1-22-9-7-16(27)11-14(22)3-4-17-18-5-6-20(21-12-15(13-26)24-25-21)23(18,2)10-8-19(17)22/h11-12,16-20,26-27H,3-10,13H2,1-2H3,(H,24,25)/t16?,17-,18-,19-,20+,22-,23-/m0/s1. The van der Waals surface area contributed by atoms with Crippen LogP contribution in [0.1, 0.15) is 82.5 Å². The Labute approximate surface area is 162 Å². The topological polar surface area (TPSA) is 69.1 Å². The van der Waals surface area contributed by atoms with E-state index in [1.165, 1.54) is 44.2 Å². The van der Waals surface area contributed by atoms with Crippen molar-refractivity contribution in [2.75, 3.05) is 0 Å². The zero-order valence-corrected chi connectivity index (χ0v) is 16.7. The van der Waals surface area contributed by atoms with Crippen LogP contribution in [0.3, 0.4) is 0 Å². The maximum Gasteiger partial charge on any atom is 0.0847 e. The van der Waals surface area contributed by atoms with E-state index in [4.69, 9.17) is 0 Å². The fourth-order valence-electron chi connectivity index (χ4n) is 7.83. The summed E-state index contributed by atoms with van der Waals surface area (Å²) in [6.07, 6.45) is 11.7. The summed E-state index contributed by atoms with van der Waals surface area (Å²) in [5.41, 5.74) is 4.23. The third-order valence-electron chi connectivity index (χ3n) is 9.27. The van der Waals surface area contributed by atoms with Crippen molar-refractivity contribution in [3.8, 4) is 0 Å². The summed E-state index contributed by atoms with van der Waals surface area (Å²) in [5, 5.41) is 27.1. The Hall–Kier alpha value is -1.13. The van der Waals surface area contributed by atoms with Gasteiger partial charge in [-0.1, -0.05) is 25.5 Å². The van der Waals surface area contributed by atoms with Gasteiger partial charge in [0.2, 0.25) is 0 Å². The second-order valence-electron chi connectivity index (χ2n) is 10.3. The highest BCUT2D eigenvalue weighted by Gasteiger charge is 2.59. The smallest absolute Gasteiger partial charge is 0.0847 e. The van der Waals surface area contributed by atoms with Crippen molar-refractivity contribution in [1.82, 2.24) is 10.2 Å². The molecule has 7 atom stereocenters. The first-order valence-corrected chi connectivity index (χ1v) is 11.0. The molecule has 0 radical (unpaired) electrons. The number of H-pyrrole nitrogens is 1. The molecule has 3 N–H and O–H groups in total. The van der Waals surface area contributed by atoms with Crippen molar-refractivity contribution in [3.63, 3.8) is 0 Å². The lowest BCUT2D eigenvalue weighted by atomic mass is 9.46. The second kappa shape index (κ2) is 6.18. The van der Waals surface area contributed by atoms with Crippen LogP contribution in [0, 0.1) is 28.6 Å². The van der Waals surface area contributed by atoms with Gasteiger partial charge in [-0.05, 0) is 86.0 Å². The van der Waals surface area contributed by atoms with E-state index in [9.17, 15) is 10.2 Å². The second-order valence-corrected chi connectivity index (χ2v) is 10.3. The molecule has 4 aliphatic rings. The molecule has 0 saturated heterocycles. The van der Waals surface area contributed by atoms with Crippen molar-refractivity contribution < 1.29 is 10.2 Å². The number of nitrogens with zero attached hydrogens (tertiary/aromatic N) is 1. The predicted molar refractivity (Wildman–Crippen MR) is 105 cm³/mol. The fraction of sp³-hybridized carbons (Fsp3) is 0.783. The highest BCUT2D eigenvalue weighted by molar-refractivity contribution is 5.27. The van der Waals surface area contributed by atoms with Crippen LogP contribution in [0.5, 0.6) is 0 Å². The molecular formula is C23H34N2O2. The normalized spacial score (nSPS) is 46.4. The number of hydrogen-bond donors (Lipinski definition) is 3. The maximum atomic E-state index is 10.1. The molecule has 4 nitrogen and oxygen atoms in total. The first kappa shape index (κ1) is 17.9. The van der Waals surface area contributed by atoms with E-state index < -0.39 is 0 Å². The van der Waals surface area contributed by atoms with Gasteiger partial charge in [0.1, 0.15) is 0 Å². The van der Waals surface area contributed by atoms with E-state index in [1.54, 1.807) is 5.57 Å². The molecule has 0 aliphatic heterocycles. The van der Waals surface area contributed by atoms with Gasteiger partial charge in [0, 0.05) is 5.92 Å². The highest BCUT2D eigenvalue weighted by Crippen LogP contribution is 2.68. The minimum atomic E-state index is -0.213. The van der Waals surface area contributed by atoms with E-state index in [0.717, 1.165) is 36.3 Å². The Kier molecular flexibility index (Phi) is 4.11. The lowest BCUT2D eigenvalue weighted by molar-refractivity contribution is -0.0465. The van der Waals surface area contributed by atoms with E-state index in [0.29, 0.717) is 16.7 Å². The number of aliphatic hydroxyl groups excluding tert-OH is 2. The molecule has 3 saturated carbocycles. The minimum Gasteiger partial charge on any atom is -0.390 e. The summed E-state index contributed by atoms with van der Waals surface area (Å²) in [6.45, 7) is 5.07. The van der Waals surface area contributed by atoms with Crippen molar-refractivity contribution in [3.05, 3.63) is 29.1 Å². The number of fused-ring (bicyclic) bond motifs is 5. The summed E-state index contributed by atoms with van der Waals surface area (Å²) >= 11 is 0. The summed E-state index contributed by atoms with van der Waals surface area (Å²) in [4.78, 5) is 0. The van der Waals surface area contributed by atoms with Crippen molar-refractivity contribution in [1.29, 1.82) is 0 Å². The lowest BCUT2D eigenvalue weighted by Gasteiger charge is -2.58. The Balaban J connectivity index is 1.44. The van der Waals surface area contributed by atoms with Gasteiger partial charge in [0.25, 0.3) is 0 Å². The van der Waals surface area contributed by atoms with Gasteiger partial charge < -0.3 is 10.2 Å². The summed E-state index contributed by atoms with van der Waals surface area (Å²) in [7, 11) is 0. The number of allylic oxidation sites excluding steroid dienone is 1. The molecule has 4 aliphatic carbocycles. The van der Waals surface area contributed by atoms with E-state index >= 15 is 0 Å². The van der Waals surface area contributed by atoms with Crippen LogP contribution in [0.4, 0.5) is 0 Å². The van der Waals surface area contributed by atoms with Crippen molar-refractivity contribution >= 4 is 0 Å². The Morgan fingerprint density at radius 1 is 1.11 bits per heavy atom. The monoisotopic (exact) mass is 370 g/mol. The first-order chi connectivity index (χ1) is 13.0. The number of nitrogens with one attached hydrogen (secondary N) is 1. The van der Waals surface area contributed by atoms with Gasteiger partial charge in [-0.3, -0.25) is 5.10 Å². The van der Waals surface area contributed by atoms with Crippen LogP contribution in [-0.2, 0) is 6.61 Å². The van der Waals surface area contributed by atoms with Crippen LogP contribution >= 0.6 is 0 Å². The Morgan fingerprint density at radius 2 is 1.96 bits per heavy atom. The van der Waals surface area contributed by atoms with Crippen molar-refractivity contribution in [2.45, 2.75) is 83.8 Å². The summed E-state index contributed by atoms with van der Waals surface area (Å²) in [6, 6.07) is 2.09. The van der Waals surface area contributed by atoms with Gasteiger partial charge in [-0.15, -0.1) is 0 Å². The van der Waals surface area contributed by atoms with Gasteiger partial charge in [0.15, 0.2) is 0 Å². The largest absolute Gasteiger partial charge is 0.390 e. The number of rotatable bonds is 2. The average Bonchev–Trinajstić information content (AvgIpc) is 3.25. The molecule has 3 fully saturated rings. The molecule has 4 heteroatoms. The molecule has 0 spiro atoms. The average molecular weight is 371 g/mol. The molecule has 0 aromatic carbocycles. The van der Waals surface area contributed by atoms with Gasteiger partial charge in [-0.2, -0.15) is 5.10 Å². The van der Waals surface area contributed by atoms with Gasteiger partial charge in [0.05, 0.1) is 24.1 Å². The number of hydrogen-bond acceptors (Lipinski definition) is 3. The molecule has 0 amide bonds. The van der Waals surface area contributed by atoms with Crippen LogP contribution in [-0.4, -0.2) is 26.5 Å². The van der Waals surface area contributed by atoms with E-state index in [1.807, 2.05) is 0 Å². The summed E-state index contributed by atoms with van der Waals surface area (Å²) < 4.78 is 0. The Morgan fingerprint density at radius 3 is 2.74 bits per heavy atom. The molecular weight excluding hydrogens is 336 g/mol. The van der Waals surface area contributed by atoms with Crippen LogP contribution < -0.4 is 0 Å². The number of aromatic nitrogens is 2. The molecule has 27 heavy (non-hydrogen) atoms. The van der Waals surface area contributed by atoms with E-state index in [-0.39, 0.29) is 12.7 Å². The molecule has 1 unspecified atom stereocenters. The molecule has 1 aromatic heterocycles. The SMILES string of the molecule is C[C@]12CC[C@H]3[C@@H](CCC4=CC(O)CC[C@@]43C)[C@@H]1CC[C@@H]2c1cc(CO)[nH]n1. The van der Waals surface area contributed by atoms with Gasteiger partial charge in [-0.25, -0.2) is 0 Å². The quantitative estimate of drug-likeness (QED) is 0.680. The zero-order valence-electron chi connectivity index (χ0n) is 16.7. The summed E-state index contributed by atoms with van der Waals surface area (Å²) in [5.74, 6) is 2.93. The predicted octanol–water partition coefficient (Wildman–Crippen LogP) is 4.31. The number of aliphatic hydroxyl groups is 2.